The molecule has 0 radical (unpaired) electrons. The summed E-state index contributed by atoms with van der Waals surface area (Å²) in [6, 6.07) is 10.3. The molecule has 18 heavy (non-hydrogen) atoms. The van der Waals surface area contributed by atoms with Crippen molar-refractivity contribution in [2.75, 3.05) is 32.7 Å². The number of benzene rings is 1. The third-order valence-corrected chi connectivity index (χ3v) is 3.58. The zero-order valence-corrected chi connectivity index (χ0v) is 11.2. The summed E-state index contributed by atoms with van der Waals surface area (Å²) in [4.78, 5) is 4.81. The second-order valence-electron chi connectivity index (χ2n) is 4.65. The van der Waals surface area contributed by atoms with Gasteiger partial charge in [-0.25, -0.2) is 0 Å². The first-order valence-corrected chi connectivity index (χ1v) is 6.72. The molecule has 0 saturated carbocycles. The lowest BCUT2D eigenvalue weighted by molar-refractivity contribution is 0.129. The van der Waals surface area contributed by atoms with Crippen LogP contribution < -0.4 is 0 Å². The van der Waals surface area contributed by atoms with Gasteiger partial charge in [-0.05, 0) is 17.7 Å². The van der Waals surface area contributed by atoms with E-state index in [0.717, 1.165) is 44.3 Å². The van der Waals surface area contributed by atoms with E-state index in [1.54, 1.807) is 0 Å². The standard InChI is InChI=1S/C14H18ClN3/c15-14-4-2-13(3-5-14)12-18-10-8-17(9-11-18)7-1-6-16/h2-5H,1,7-12H2. The second-order valence-corrected chi connectivity index (χ2v) is 5.09. The molecule has 1 saturated heterocycles. The Morgan fingerprint density at radius 1 is 1.06 bits per heavy atom. The van der Waals surface area contributed by atoms with E-state index in [0.29, 0.717) is 6.42 Å². The number of nitrogens with zero attached hydrogens (tertiary/aromatic N) is 3. The SMILES string of the molecule is N#CCCN1CCN(Cc2ccc(Cl)cc2)CC1. The monoisotopic (exact) mass is 263 g/mol. The predicted octanol–water partition coefficient (Wildman–Crippen LogP) is 2.37. The normalized spacial score (nSPS) is 17.6. The quantitative estimate of drug-likeness (QED) is 0.836. The highest BCUT2D eigenvalue weighted by atomic mass is 35.5. The van der Waals surface area contributed by atoms with Gasteiger partial charge in [0.25, 0.3) is 0 Å². The lowest BCUT2D eigenvalue weighted by Gasteiger charge is -2.34. The van der Waals surface area contributed by atoms with Crippen molar-refractivity contribution < 1.29 is 0 Å². The molecule has 1 aliphatic rings. The Balaban J connectivity index is 1.76. The minimum Gasteiger partial charge on any atom is -0.300 e. The Labute approximate surface area is 114 Å². The van der Waals surface area contributed by atoms with Gasteiger partial charge in [0.2, 0.25) is 0 Å². The van der Waals surface area contributed by atoms with Crippen LogP contribution in [-0.4, -0.2) is 42.5 Å². The Bertz CT molecular complexity index is 402. The summed E-state index contributed by atoms with van der Waals surface area (Å²) in [7, 11) is 0. The highest BCUT2D eigenvalue weighted by Gasteiger charge is 2.16. The van der Waals surface area contributed by atoms with Crippen molar-refractivity contribution in [1.29, 1.82) is 5.26 Å². The van der Waals surface area contributed by atoms with Crippen LogP contribution in [0.5, 0.6) is 0 Å². The van der Waals surface area contributed by atoms with Gasteiger partial charge in [-0.2, -0.15) is 5.26 Å². The van der Waals surface area contributed by atoms with E-state index in [1.807, 2.05) is 12.1 Å². The van der Waals surface area contributed by atoms with Gasteiger partial charge >= 0.3 is 0 Å². The summed E-state index contributed by atoms with van der Waals surface area (Å²) in [5.74, 6) is 0. The van der Waals surface area contributed by atoms with Gasteiger partial charge in [0.15, 0.2) is 0 Å². The molecule has 1 aromatic rings. The van der Waals surface area contributed by atoms with Crippen LogP contribution in [-0.2, 0) is 6.54 Å². The Kier molecular flexibility index (Phi) is 5.00. The van der Waals surface area contributed by atoms with Crippen LogP contribution in [0.3, 0.4) is 0 Å². The van der Waals surface area contributed by atoms with Crippen LogP contribution in [0.25, 0.3) is 0 Å². The fourth-order valence-corrected chi connectivity index (χ4v) is 2.35. The zero-order chi connectivity index (χ0) is 12.8. The topological polar surface area (TPSA) is 30.3 Å². The Morgan fingerprint density at radius 2 is 1.67 bits per heavy atom. The highest BCUT2D eigenvalue weighted by Crippen LogP contribution is 2.12. The van der Waals surface area contributed by atoms with Crippen molar-refractivity contribution in [3.8, 4) is 6.07 Å². The fourth-order valence-electron chi connectivity index (χ4n) is 2.23. The molecule has 0 aromatic heterocycles. The maximum absolute atomic E-state index is 8.57. The first kappa shape index (κ1) is 13.4. The van der Waals surface area contributed by atoms with Crippen molar-refractivity contribution in [3.63, 3.8) is 0 Å². The van der Waals surface area contributed by atoms with E-state index in [4.69, 9.17) is 16.9 Å². The molecule has 2 rings (SSSR count). The molecular formula is C14H18ClN3. The average molecular weight is 264 g/mol. The Hall–Kier alpha value is -1.08. The molecule has 0 N–H and O–H groups in total. The van der Waals surface area contributed by atoms with E-state index >= 15 is 0 Å². The van der Waals surface area contributed by atoms with Crippen molar-refractivity contribution in [1.82, 2.24) is 9.80 Å². The summed E-state index contributed by atoms with van der Waals surface area (Å²) < 4.78 is 0. The minimum absolute atomic E-state index is 0.636. The predicted molar refractivity (Wildman–Crippen MR) is 73.4 cm³/mol. The molecule has 0 atom stereocenters. The van der Waals surface area contributed by atoms with Gasteiger partial charge < -0.3 is 0 Å². The first-order valence-electron chi connectivity index (χ1n) is 6.34. The number of hydrogen-bond acceptors (Lipinski definition) is 3. The summed E-state index contributed by atoms with van der Waals surface area (Å²) in [6.45, 7) is 6.18. The maximum Gasteiger partial charge on any atom is 0.0635 e. The second kappa shape index (κ2) is 6.75. The maximum atomic E-state index is 8.57. The molecule has 4 heteroatoms. The average Bonchev–Trinajstić information content (AvgIpc) is 2.41. The van der Waals surface area contributed by atoms with Crippen LogP contribution in [0.1, 0.15) is 12.0 Å². The third-order valence-electron chi connectivity index (χ3n) is 3.32. The van der Waals surface area contributed by atoms with E-state index in [9.17, 15) is 0 Å². The van der Waals surface area contributed by atoms with Gasteiger partial charge in [-0.15, -0.1) is 0 Å². The minimum atomic E-state index is 0.636. The largest absolute Gasteiger partial charge is 0.300 e. The van der Waals surface area contributed by atoms with Crippen LogP contribution in [0.2, 0.25) is 5.02 Å². The summed E-state index contributed by atoms with van der Waals surface area (Å²) >= 11 is 5.88. The molecule has 1 aromatic carbocycles. The third kappa shape index (κ3) is 3.99. The van der Waals surface area contributed by atoms with Crippen molar-refractivity contribution in [3.05, 3.63) is 34.9 Å². The molecule has 96 valence electrons. The number of halogens is 1. The molecule has 1 heterocycles. The Morgan fingerprint density at radius 3 is 2.28 bits per heavy atom. The molecule has 0 spiro atoms. The molecular weight excluding hydrogens is 246 g/mol. The van der Waals surface area contributed by atoms with Gasteiger partial charge in [0.05, 0.1) is 6.07 Å². The summed E-state index contributed by atoms with van der Waals surface area (Å²) in [5, 5.41) is 9.36. The zero-order valence-electron chi connectivity index (χ0n) is 10.5. The van der Waals surface area contributed by atoms with Gasteiger partial charge in [-0.1, -0.05) is 23.7 Å². The smallest absolute Gasteiger partial charge is 0.0635 e. The van der Waals surface area contributed by atoms with Crippen molar-refractivity contribution >= 4 is 11.6 Å². The lowest BCUT2D eigenvalue weighted by Crippen LogP contribution is -2.46. The molecule has 0 unspecified atom stereocenters. The highest BCUT2D eigenvalue weighted by molar-refractivity contribution is 6.30. The van der Waals surface area contributed by atoms with E-state index in [1.165, 1.54) is 5.56 Å². The van der Waals surface area contributed by atoms with Crippen molar-refractivity contribution in [2.24, 2.45) is 0 Å². The molecule has 1 aliphatic heterocycles. The number of hydrogen-bond donors (Lipinski definition) is 0. The van der Waals surface area contributed by atoms with E-state index in [-0.39, 0.29) is 0 Å². The molecule has 0 amide bonds. The molecule has 3 nitrogen and oxygen atoms in total. The van der Waals surface area contributed by atoms with Gasteiger partial charge in [0, 0.05) is 50.7 Å². The van der Waals surface area contributed by atoms with Crippen LogP contribution in [0.4, 0.5) is 0 Å². The lowest BCUT2D eigenvalue weighted by atomic mass is 10.2. The van der Waals surface area contributed by atoms with Gasteiger partial charge in [0.1, 0.15) is 0 Å². The number of nitriles is 1. The molecule has 0 bridgehead atoms. The van der Waals surface area contributed by atoms with Crippen LogP contribution in [0, 0.1) is 11.3 Å². The van der Waals surface area contributed by atoms with Crippen molar-refractivity contribution in [2.45, 2.75) is 13.0 Å². The summed E-state index contributed by atoms with van der Waals surface area (Å²) in [5.41, 5.74) is 1.31. The molecule has 1 fully saturated rings. The number of rotatable bonds is 4. The van der Waals surface area contributed by atoms with Gasteiger partial charge in [-0.3, -0.25) is 9.80 Å². The van der Waals surface area contributed by atoms with E-state index < -0.39 is 0 Å². The van der Waals surface area contributed by atoms with Crippen LogP contribution in [0.15, 0.2) is 24.3 Å². The van der Waals surface area contributed by atoms with Crippen LogP contribution >= 0.6 is 11.6 Å². The fraction of sp³-hybridized carbons (Fsp3) is 0.500. The van der Waals surface area contributed by atoms with E-state index in [2.05, 4.69) is 28.0 Å². The first-order chi connectivity index (χ1) is 8.78. The number of piperazine rings is 1. The summed E-state index contributed by atoms with van der Waals surface area (Å²) in [6.07, 6.45) is 0.636. The molecule has 0 aliphatic carbocycles.